The average molecular weight is 232 g/mol. The molecule has 0 atom stereocenters. The fourth-order valence-corrected chi connectivity index (χ4v) is 2.48. The highest BCUT2D eigenvalue weighted by molar-refractivity contribution is 5.92. The van der Waals surface area contributed by atoms with Gasteiger partial charge in [-0.25, -0.2) is 4.98 Å². The van der Waals surface area contributed by atoms with Gasteiger partial charge in [0, 0.05) is 38.6 Å². The summed E-state index contributed by atoms with van der Waals surface area (Å²) in [7, 11) is 1.61. The van der Waals surface area contributed by atoms with Gasteiger partial charge < -0.3 is 15.5 Å². The first-order valence-electron chi connectivity index (χ1n) is 5.86. The average Bonchev–Trinajstić information content (AvgIpc) is 2.25. The molecule has 2 saturated heterocycles. The molecule has 3 rings (SSSR count). The van der Waals surface area contributed by atoms with Gasteiger partial charge in [-0.2, -0.15) is 0 Å². The van der Waals surface area contributed by atoms with Crippen LogP contribution in [0, 0.1) is 5.41 Å². The molecule has 2 N–H and O–H groups in total. The van der Waals surface area contributed by atoms with Gasteiger partial charge in [0.25, 0.3) is 5.91 Å². The van der Waals surface area contributed by atoms with Crippen LogP contribution in [0.15, 0.2) is 18.3 Å². The molecule has 0 saturated carbocycles. The molecule has 0 radical (unpaired) electrons. The molecule has 2 fully saturated rings. The number of nitrogens with zero attached hydrogens (tertiary/aromatic N) is 2. The van der Waals surface area contributed by atoms with E-state index in [-0.39, 0.29) is 5.91 Å². The van der Waals surface area contributed by atoms with Gasteiger partial charge in [-0.05, 0) is 12.1 Å². The summed E-state index contributed by atoms with van der Waals surface area (Å²) in [5.74, 6) is -0.139. The maximum Gasteiger partial charge on any atom is 0.269 e. The summed E-state index contributed by atoms with van der Waals surface area (Å²) in [6, 6.07) is 3.74. The summed E-state index contributed by atoms with van der Waals surface area (Å²) >= 11 is 0. The van der Waals surface area contributed by atoms with Crippen LogP contribution in [0.3, 0.4) is 0 Å². The van der Waals surface area contributed by atoms with E-state index in [1.807, 2.05) is 6.07 Å². The van der Waals surface area contributed by atoms with Crippen LogP contribution >= 0.6 is 0 Å². The summed E-state index contributed by atoms with van der Waals surface area (Å²) in [6.45, 7) is 4.46. The zero-order valence-corrected chi connectivity index (χ0v) is 9.86. The summed E-state index contributed by atoms with van der Waals surface area (Å²) in [5, 5.41) is 5.88. The molecule has 2 aliphatic heterocycles. The van der Waals surface area contributed by atoms with Gasteiger partial charge >= 0.3 is 0 Å². The monoisotopic (exact) mass is 232 g/mol. The van der Waals surface area contributed by atoms with Crippen LogP contribution in [-0.2, 0) is 0 Å². The van der Waals surface area contributed by atoms with Crippen LogP contribution < -0.4 is 15.5 Å². The molecule has 5 heteroatoms. The zero-order chi connectivity index (χ0) is 11.9. The molecule has 2 aliphatic rings. The predicted octanol–water partition coefficient (Wildman–Crippen LogP) is -0.149. The molecule has 0 aromatic carbocycles. The van der Waals surface area contributed by atoms with E-state index in [4.69, 9.17) is 0 Å². The quantitative estimate of drug-likeness (QED) is 0.744. The molecule has 0 unspecified atom stereocenters. The van der Waals surface area contributed by atoms with Crippen molar-refractivity contribution in [3.63, 3.8) is 0 Å². The summed E-state index contributed by atoms with van der Waals surface area (Å²) in [4.78, 5) is 17.8. The number of rotatable bonds is 2. The SMILES string of the molecule is CNC(=O)c1ccc(N2CC3(CNC3)C2)cn1. The third kappa shape index (κ3) is 1.67. The molecule has 0 aliphatic carbocycles. The highest BCUT2D eigenvalue weighted by Crippen LogP contribution is 2.36. The normalized spacial score (nSPS) is 20.6. The van der Waals surface area contributed by atoms with Gasteiger partial charge in [0.1, 0.15) is 5.69 Å². The summed E-state index contributed by atoms with van der Waals surface area (Å²) < 4.78 is 0. The minimum Gasteiger partial charge on any atom is -0.369 e. The maximum atomic E-state index is 11.3. The van der Waals surface area contributed by atoms with Crippen molar-refractivity contribution in [1.82, 2.24) is 15.6 Å². The van der Waals surface area contributed by atoms with Crippen molar-refractivity contribution in [2.24, 2.45) is 5.41 Å². The van der Waals surface area contributed by atoms with Gasteiger partial charge in [0.15, 0.2) is 0 Å². The molecule has 5 nitrogen and oxygen atoms in total. The van der Waals surface area contributed by atoms with Crippen LogP contribution in [0.25, 0.3) is 0 Å². The summed E-state index contributed by atoms with van der Waals surface area (Å²) in [5.41, 5.74) is 2.09. The first-order chi connectivity index (χ1) is 8.22. The van der Waals surface area contributed by atoms with E-state index in [0.717, 1.165) is 31.9 Å². The second kappa shape index (κ2) is 3.70. The van der Waals surface area contributed by atoms with Crippen LogP contribution in [0.4, 0.5) is 5.69 Å². The predicted molar refractivity (Wildman–Crippen MR) is 65.1 cm³/mol. The fourth-order valence-electron chi connectivity index (χ4n) is 2.48. The molecule has 3 heterocycles. The third-order valence-corrected chi connectivity index (χ3v) is 3.63. The zero-order valence-electron chi connectivity index (χ0n) is 9.86. The van der Waals surface area contributed by atoms with Crippen molar-refractivity contribution in [3.05, 3.63) is 24.0 Å². The Morgan fingerprint density at radius 1 is 1.47 bits per heavy atom. The lowest BCUT2D eigenvalue weighted by Gasteiger charge is -2.57. The Balaban J connectivity index is 1.67. The second-order valence-corrected chi connectivity index (χ2v) is 4.94. The Labute approximate surface area is 100 Å². The topological polar surface area (TPSA) is 57.3 Å². The van der Waals surface area contributed by atoms with Gasteiger partial charge in [-0.3, -0.25) is 4.79 Å². The fraction of sp³-hybridized carbons (Fsp3) is 0.500. The Hall–Kier alpha value is -1.62. The number of anilines is 1. The third-order valence-electron chi connectivity index (χ3n) is 3.63. The Morgan fingerprint density at radius 3 is 2.71 bits per heavy atom. The first kappa shape index (κ1) is 10.5. The van der Waals surface area contributed by atoms with Crippen LogP contribution in [-0.4, -0.2) is 44.1 Å². The molecule has 1 aromatic heterocycles. The van der Waals surface area contributed by atoms with E-state index < -0.39 is 0 Å². The summed E-state index contributed by atoms with van der Waals surface area (Å²) in [6.07, 6.45) is 1.78. The maximum absolute atomic E-state index is 11.3. The van der Waals surface area contributed by atoms with Crippen molar-refractivity contribution in [1.29, 1.82) is 0 Å². The van der Waals surface area contributed by atoms with Gasteiger partial charge in [-0.15, -0.1) is 0 Å². The molecule has 0 bridgehead atoms. The highest BCUT2D eigenvalue weighted by atomic mass is 16.1. The first-order valence-corrected chi connectivity index (χ1v) is 5.86. The van der Waals surface area contributed by atoms with E-state index in [0.29, 0.717) is 11.1 Å². The lowest BCUT2D eigenvalue weighted by Crippen LogP contribution is -2.71. The standard InChI is InChI=1S/C12H16N4O/c1-13-11(17)10-3-2-9(4-15-10)16-7-12(8-16)5-14-6-12/h2-4,14H,5-8H2,1H3,(H,13,17). The van der Waals surface area contributed by atoms with Crippen molar-refractivity contribution < 1.29 is 4.79 Å². The highest BCUT2D eigenvalue weighted by Gasteiger charge is 2.47. The van der Waals surface area contributed by atoms with Crippen LogP contribution in [0.2, 0.25) is 0 Å². The number of carbonyl (C=O) groups excluding carboxylic acids is 1. The number of nitrogens with one attached hydrogen (secondary N) is 2. The number of aromatic nitrogens is 1. The number of hydrogen-bond donors (Lipinski definition) is 2. The molecule has 90 valence electrons. The van der Waals surface area contributed by atoms with Crippen LogP contribution in [0.5, 0.6) is 0 Å². The molecular weight excluding hydrogens is 216 g/mol. The number of carbonyl (C=O) groups is 1. The van der Waals surface area contributed by atoms with E-state index in [2.05, 4.69) is 20.5 Å². The van der Waals surface area contributed by atoms with Crippen molar-refractivity contribution in [3.8, 4) is 0 Å². The van der Waals surface area contributed by atoms with Crippen molar-refractivity contribution >= 4 is 11.6 Å². The largest absolute Gasteiger partial charge is 0.369 e. The second-order valence-electron chi connectivity index (χ2n) is 4.94. The van der Waals surface area contributed by atoms with E-state index in [9.17, 15) is 4.79 Å². The van der Waals surface area contributed by atoms with Crippen molar-refractivity contribution in [2.45, 2.75) is 0 Å². The Morgan fingerprint density at radius 2 is 2.24 bits per heavy atom. The number of amides is 1. The molecule has 1 spiro atoms. The lowest BCUT2D eigenvalue weighted by atomic mass is 9.74. The Bertz CT molecular complexity index is 430. The number of hydrogen-bond acceptors (Lipinski definition) is 4. The van der Waals surface area contributed by atoms with E-state index >= 15 is 0 Å². The van der Waals surface area contributed by atoms with Gasteiger partial charge in [0.05, 0.1) is 11.9 Å². The van der Waals surface area contributed by atoms with Gasteiger partial charge in [-0.1, -0.05) is 0 Å². The number of pyridine rings is 1. The molecule has 1 aromatic rings. The minimum atomic E-state index is -0.139. The minimum absolute atomic E-state index is 0.139. The van der Waals surface area contributed by atoms with Crippen molar-refractivity contribution in [2.75, 3.05) is 38.1 Å². The molecule has 17 heavy (non-hydrogen) atoms. The molecule has 1 amide bonds. The smallest absolute Gasteiger partial charge is 0.269 e. The molecular formula is C12H16N4O. The van der Waals surface area contributed by atoms with E-state index in [1.54, 1.807) is 19.3 Å². The van der Waals surface area contributed by atoms with Crippen LogP contribution in [0.1, 0.15) is 10.5 Å². The Kier molecular flexibility index (Phi) is 2.29. The van der Waals surface area contributed by atoms with E-state index in [1.165, 1.54) is 0 Å². The lowest BCUT2D eigenvalue weighted by molar-refractivity contribution is 0.0958. The van der Waals surface area contributed by atoms with Gasteiger partial charge in [0.2, 0.25) is 0 Å².